The molecule has 0 bridgehead atoms. The van der Waals surface area contributed by atoms with E-state index in [-0.39, 0.29) is 23.3 Å². The summed E-state index contributed by atoms with van der Waals surface area (Å²) in [4.78, 5) is 42.4. The molecular formula is C27H26N6O3. The Kier molecular flexibility index (Phi) is 4.58. The fraction of sp³-hybridized carbons (Fsp3) is 0.370. The quantitative estimate of drug-likeness (QED) is 0.600. The summed E-state index contributed by atoms with van der Waals surface area (Å²) in [7, 11) is 0. The van der Waals surface area contributed by atoms with E-state index in [0.717, 1.165) is 60.4 Å². The number of pyridine rings is 1. The van der Waals surface area contributed by atoms with Gasteiger partial charge in [0.05, 0.1) is 29.0 Å². The minimum atomic E-state index is -0.169. The van der Waals surface area contributed by atoms with E-state index in [1.165, 1.54) is 0 Å². The summed E-state index contributed by atoms with van der Waals surface area (Å²) < 4.78 is 5.86. The van der Waals surface area contributed by atoms with Gasteiger partial charge in [0.15, 0.2) is 0 Å². The van der Waals surface area contributed by atoms with Crippen LogP contribution in [-0.2, 0) is 9.59 Å². The molecule has 2 saturated heterocycles. The highest BCUT2D eigenvalue weighted by Crippen LogP contribution is 2.58. The molecule has 36 heavy (non-hydrogen) atoms. The molecule has 4 aliphatic rings. The topological polar surface area (TPSA) is 101 Å². The van der Waals surface area contributed by atoms with Gasteiger partial charge in [0.1, 0.15) is 12.3 Å². The molecule has 1 aliphatic carbocycles. The summed E-state index contributed by atoms with van der Waals surface area (Å²) in [5.74, 6) is 1.33. The number of amides is 2. The molecule has 9 nitrogen and oxygen atoms in total. The molecule has 2 amide bonds. The Morgan fingerprint density at radius 3 is 2.67 bits per heavy atom. The number of carbonyl (C=O) groups excluding carboxylic acids is 2. The number of hydrogen-bond donors (Lipinski definition) is 1. The Balaban J connectivity index is 1.11. The zero-order valence-electron chi connectivity index (χ0n) is 20.0. The van der Waals surface area contributed by atoms with Crippen LogP contribution in [0.2, 0.25) is 0 Å². The molecule has 0 unspecified atom stereocenters. The molecule has 9 heteroatoms. The molecule has 2 aromatic heterocycles. The number of fused-ring (bicyclic) bond motifs is 3. The number of carbonyl (C=O) groups is 2. The average molecular weight is 483 g/mol. The summed E-state index contributed by atoms with van der Waals surface area (Å²) in [6.45, 7) is 3.22. The lowest BCUT2D eigenvalue weighted by Crippen LogP contribution is -2.41. The average Bonchev–Trinajstić information content (AvgIpc) is 3.44. The van der Waals surface area contributed by atoms with Gasteiger partial charge in [-0.15, -0.1) is 0 Å². The highest BCUT2D eigenvalue weighted by Gasteiger charge is 2.60. The number of rotatable bonds is 4. The van der Waals surface area contributed by atoms with E-state index in [4.69, 9.17) is 4.74 Å². The molecule has 0 radical (unpaired) electrons. The second-order valence-corrected chi connectivity index (χ2v) is 10.2. The number of benzene rings is 1. The van der Waals surface area contributed by atoms with E-state index < -0.39 is 0 Å². The lowest BCUT2D eigenvalue weighted by molar-refractivity contribution is -0.121. The van der Waals surface area contributed by atoms with Crippen LogP contribution >= 0.6 is 0 Å². The van der Waals surface area contributed by atoms with Crippen LogP contribution in [0.4, 0.5) is 23.0 Å². The standard InChI is InChI=1S/C27H26N6O3/c1-16-21(17-4-6-19(7-5-17)32-10-2-3-23(32)34)14-29-26(30-16)31-18-11-22-24(28-13-18)36-15-20-12-27(8-9-27)25(35)33(20)22/h4-7,11,13-14,20H,2-3,8-10,12,15H2,1H3,(H,29,30,31)/t20-/m0/s1. The van der Waals surface area contributed by atoms with E-state index in [1.54, 1.807) is 12.4 Å². The Morgan fingerprint density at radius 2 is 1.94 bits per heavy atom. The lowest BCUT2D eigenvalue weighted by atomic mass is 10.0. The van der Waals surface area contributed by atoms with Gasteiger partial charge in [0.2, 0.25) is 23.6 Å². The second kappa shape index (κ2) is 7.74. The van der Waals surface area contributed by atoms with E-state index in [9.17, 15) is 9.59 Å². The second-order valence-electron chi connectivity index (χ2n) is 10.2. The summed E-state index contributed by atoms with van der Waals surface area (Å²) in [6, 6.07) is 9.94. The first-order valence-electron chi connectivity index (χ1n) is 12.5. The number of aryl methyl sites for hydroxylation is 1. The van der Waals surface area contributed by atoms with Crippen molar-refractivity contribution in [2.45, 2.75) is 45.1 Å². The van der Waals surface area contributed by atoms with E-state index in [0.29, 0.717) is 30.5 Å². The van der Waals surface area contributed by atoms with Crippen molar-refractivity contribution >= 4 is 34.8 Å². The summed E-state index contributed by atoms with van der Waals surface area (Å²) in [5, 5.41) is 3.23. The van der Waals surface area contributed by atoms with E-state index in [2.05, 4.69) is 20.3 Å². The van der Waals surface area contributed by atoms with Gasteiger partial charge >= 0.3 is 0 Å². The minimum absolute atomic E-state index is 0.0808. The molecule has 1 atom stereocenters. The Morgan fingerprint density at radius 1 is 1.11 bits per heavy atom. The van der Waals surface area contributed by atoms with Crippen molar-refractivity contribution in [3.63, 3.8) is 0 Å². The van der Waals surface area contributed by atoms with Crippen molar-refractivity contribution < 1.29 is 14.3 Å². The summed E-state index contributed by atoms with van der Waals surface area (Å²) in [5.41, 5.74) is 4.93. The van der Waals surface area contributed by atoms with E-state index in [1.807, 2.05) is 47.1 Å². The van der Waals surface area contributed by atoms with Gasteiger partial charge in [0.25, 0.3) is 0 Å². The van der Waals surface area contributed by atoms with Crippen molar-refractivity contribution in [3.8, 4) is 17.0 Å². The summed E-state index contributed by atoms with van der Waals surface area (Å²) in [6.07, 6.45) is 7.80. The zero-order chi connectivity index (χ0) is 24.4. The first-order chi connectivity index (χ1) is 17.5. The van der Waals surface area contributed by atoms with Crippen LogP contribution < -0.4 is 19.9 Å². The van der Waals surface area contributed by atoms with Gasteiger partial charge in [0, 0.05) is 30.4 Å². The molecule has 1 N–H and O–H groups in total. The third-order valence-corrected chi connectivity index (χ3v) is 7.82. The van der Waals surface area contributed by atoms with Crippen molar-refractivity contribution in [3.05, 3.63) is 48.4 Å². The van der Waals surface area contributed by atoms with Gasteiger partial charge in [-0.2, -0.15) is 0 Å². The molecule has 182 valence electrons. The van der Waals surface area contributed by atoms with E-state index >= 15 is 0 Å². The number of ether oxygens (including phenoxy) is 1. The van der Waals surface area contributed by atoms with Crippen LogP contribution in [0.5, 0.6) is 5.88 Å². The molecule has 3 aromatic rings. The van der Waals surface area contributed by atoms with Crippen LogP contribution in [0.25, 0.3) is 11.1 Å². The number of nitrogens with one attached hydrogen (secondary N) is 1. The lowest BCUT2D eigenvalue weighted by Gasteiger charge is -2.31. The van der Waals surface area contributed by atoms with Crippen LogP contribution in [0.3, 0.4) is 0 Å². The molecule has 5 heterocycles. The molecule has 1 saturated carbocycles. The minimum Gasteiger partial charge on any atom is -0.474 e. The number of hydrogen-bond acceptors (Lipinski definition) is 7. The third kappa shape index (κ3) is 3.33. The molecule has 1 aromatic carbocycles. The van der Waals surface area contributed by atoms with Crippen LogP contribution in [0, 0.1) is 12.3 Å². The van der Waals surface area contributed by atoms with Crippen LogP contribution in [-0.4, -0.2) is 46.0 Å². The Labute approximate surface area is 208 Å². The van der Waals surface area contributed by atoms with Crippen molar-refractivity contribution in [2.75, 3.05) is 28.3 Å². The fourth-order valence-corrected chi connectivity index (χ4v) is 5.71. The van der Waals surface area contributed by atoms with Crippen molar-refractivity contribution in [2.24, 2.45) is 5.41 Å². The smallest absolute Gasteiger partial charge is 0.238 e. The molecule has 1 spiro atoms. The predicted molar refractivity (Wildman–Crippen MR) is 134 cm³/mol. The van der Waals surface area contributed by atoms with Crippen molar-refractivity contribution in [1.29, 1.82) is 0 Å². The Bertz CT molecular complexity index is 1400. The van der Waals surface area contributed by atoms with Gasteiger partial charge in [-0.25, -0.2) is 15.0 Å². The van der Waals surface area contributed by atoms with Crippen LogP contribution in [0.1, 0.15) is 37.8 Å². The van der Waals surface area contributed by atoms with Crippen LogP contribution in [0.15, 0.2) is 42.7 Å². The predicted octanol–water partition coefficient (Wildman–Crippen LogP) is 4.00. The monoisotopic (exact) mass is 482 g/mol. The first-order valence-corrected chi connectivity index (χ1v) is 12.5. The molecule has 7 rings (SSSR count). The molecule has 3 fully saturated rings. The molecular weight excluding hydrogens is 456 g/mol. The largest absolute Gasteiger partial charge is 0.474 e. The number of aromatic nitrogens is 3. The van der Waals surface area contributed by atoms with Gasteiger partial charge in [-0.05, 0) is 56.4 Å². The Hall–Kier alpha value is -4.01. The van der Waals surface area contributed by atoms with Gasteiger partial charge in [-0.1, -0.05) is 12.1 Å². The number of nitrogens with zero attached hydrogens (tertiary/aromatic N) is 5. The normalized spacial score (nSPS) is 21.4. The highest BCUT2D eigenvalue weighted by molar-refractivity contribution is 6.04. The van der Waals surface area contributed by atoms with Crippen molar-refractivity contribution in [1.82, 2.24) is 15.0 Å². The number of anilines is 4. The maximum Gasteiger partial charge on any atom is 0.238 e. The fourth-order valence-electron chi connectivity index (χ4n) is 5.71. The first kappa shape index (κ1) is 21.3. The summed E-state index contributed by atoms with van der Waals surface area (Å²) >= 11 is 0. The third-order valence-electron chi connectivity index (χ3n) is 7.82. The zero-order valence-corrected chi connectivity index (χ0v) is 20.0. The maximum absolute atomic E-state index is 13.1. The maximum atomic E-state index is 13.1. The SMILES string of the molecule is Cc1nc(Nc2cnc3c(c2)N2C(=O)C4(CC4)C[C@H]2CO3)ncc1-c1ccc(N2CCCC2=O)cc1. The molecule has 3 aliphatic heterocycles. The van der Waals surface area contributed by atoms with Gasteiger partial charge < -0.3 is 19.9 Å². The highest BCUT2D eigenvalue weighted by atomic mass is 16.5. The van der Waals surface area contributed by atoms with Gasteiger partial charge in [-0.3, -0.25) is 9.59 Å².